The molecule has 98 valence electrons. The summed E-state index contributed by atoms with van der Waals surface area (Å²) in [6.45, 7) is 0.336. The fraction of sp³-hybridized carbons (Fsp3) is 1.00. The number of rotatable bonds is 4. The highest BCUT2D eigenvalue weighted by atomic mass is 127. The van der Waals surface area contributed by atoms with E-state index in [1.807, 2.05) is 0 Å². The monoisotopic (exact) mass is 366 g/mol. The number of hydrogen-bond donors (Lipinski definition) is 0. The molecule has 8 heteroatoms. The number of alkyl halides is 8. The van der Waals surface area contributed by atoms with Crippen LogP contribution in [0.2, 0.25) is 0 Å². The van der Waals surface area contributed by atoms with Gasteiger partial charge in [0.15, 0.2) is 0 Å². The van der Waals surface area contributed by atoms with E-state index in [2.05, 4.69) is 0 Å². The largest absolute Gasteiger partial charge is 0.422 e. The zero-order valence-corrected chi connectivity index (χ0v) is 10.4. The van der Waals surface area contributed by atoms with Crippen LogP contribution in [0.3, 0.4) is 0 Å². The molecule has 16 heavy (non-hydrogen) atoms. The van der Waals surface area contributed by atoms with E-state index in [1.54, 1.807) is 0 Å². The lowest BCUT2D eigenvalue weighted by atomic mass is 9.99. The van der Waals surface area contributed by atoms with Crippen LogP contribution in [0.1, 0.15) is 26.2 Å². The number of hydrogen-bond acceptors (Lipinski definition) is 0. The molecular weight excluding hydrogens is 356 g/mol. The highest BCUT2D eigenvalue weighted by Crippen LogP contribution is 2.38. The Labute approximate surface area is 102 Å². The van der Waals surface area contributed by atoms with Crippen molar-refractivity contribution in [2.24, 2.45) is 0 Å². The minimum absolute atomic E-state index is 0.336. The summed E-state index contributed by atoms with van der Waals surface area (Å²) in [5, 5.41) is 0. The van der Waals surface area contributed by atoms with E-state index in [1.165, 1.54) is 0 Å². The third kappa shape index (κ3) is 5.05. The van der Waals surface area contributed by atoms with Crippen LogP contribution in [0, 0.1) is 0 Å². The second-order valence-corrected chi connectivity index (χ2v) is 5.10. The highest BCUT2D eigenvalue weighted by molar-refractivity contribution is 14.1. The van der Waals surface area contributed by atoms with Crippen molar-refractivity contribution >= 4 is 22.6 Å². The maximum Gasteiger partial charge on any atom is 0.422 e. The molecule has 0 aliphatic rings. The molecule has 0 saturated heterocycles. The van der Waals surface area contributed by atoms with Gasteiger partial charge in [0.05, 0.1) is 0 Å². The van der Waals surface area contributed by atoms with Gasteiger partial charge in [-0.1, -0.05) is 22.6 Å². The van der Waals surface area contributed by atoms with Crippen LogP contribution in [-0.4, -0.2) is 21.9 Å². The average Bonchev–Trinajstić information content (AvgIpc) is 1.99. The first-order valence-corrected chi connectivity index (χ1v) is 5.59. The molecule has 0 spiro atoms. The molecule has 0 N–H and O–H groups in total. The molecule has 2 unspecified atom stereocenters. The number of halogens is 8. The fourth-order valence-corrected chi connectivity index (χ4v) is 1.36. The maximum atomic E-state index is 12.9. The van der Waals surface area contributed by atoms with Crippen molar-refractivity contribution in [2.75, 3.05) is 0 Å². The summed E-state index contributed by atoms with van der Waals surface area (Å²) < 4.78 is 83.1. The van der Waals surface area contributed by atoms with Gasteiger partial charge < -0.3 is 0 Å². The molecule has 2 atom stereocenters. The molecule has 0 heterocycles. The van der Waals surface area contributed by atoms with Gasteiger partial charge in [-0.25, -0.2) is 4.39 Å². The van der Waals surface area contributed by atoms with Crippen molar-refractivity contribution < 1.29 is 30.7 Å². The Morgan fingerprint density at radius 3 is 1.75 bits per heavy atom. The summed E-state index contributed by atoms with van der Waals surface area (Å²) in [7, 11) is 0. The molecular formula is C8H10F7I. The highest BCUT2D eigenvalue weighted by Gasteiger charge is 2.51. The van der Waals surface area contributed by atoms with Gasteiger partial charge in [0.2, 0.25) is 5.67 Å². The van der Waals surface area contributed by atoms with Gasteiger partial charge in [-0.2, -0.15) is 26.3 Å². The molecule has 0 aromatic carbocycles. The summed E-state index contributed by atoms with van der Waals surface area (Å²) in [6, 6.07) is 0. The Morgan fingerprint density at radius 2 is 1.44 bits per heavy atom. The smallest absolute Gasteiger partial charge is 0.234 e. The van der Waals surface area contributed by atoms with Crippen molar-refractivity contribution in [3.63, 3.8) is 0 Å². The van der Waals surface area contributed by atoms with Crippen LogP contribution in [0.4, 0.5) is 30.7 Å². The van der Waals surface area contributed by atoms with E-state index < -0.39 is 41.2 Å². The topological polar surface area (TPSA) is 0 Å². The quantitative estimate of drug-likeness (QED) is 0.381. The second kappa shape index (κ2) is 5.26. The lowest BCUT2D eigenvalue weighted by Gasteiger charge is -2.24. The lowest BCUT2D eigenvalue weighted by molar-refractivity contribution is -0.226. The van der Waals surface area contributed by atoms with E-state index in [9.17, 15) is 30.7 Å². The summed E-state index contributed by atoms with van der Waals surface area (Å²) >= 11 is 1.09. The Balaban J connectivity index is 4.10. The Kier molecular flexibility index (Phi) is 5.34. The van der Waals surface area contributed by atoms with E-state index in [4.69, 9.17) is 0 Å². The van der Waals surface area contributed by atoms with Gasteiger partial charge in [-0.05, 0) is 26.2 Å². The van der Waals surface area contributed by atoms with Crippen LogP contribution in [0.25, 0.3) is 0 Å². The SMILES string of the molecule is CC(F)(CCCC(I)C(F)(F)F)C(F)(F)F. The first kappa shape index (κ1) is 16.2. The lowest BCUT2D eigenvalue weighted by Crippen LogP contribution is -2.37. The van der Waals surface area contributed by atoms with Crippen molar-refractivity contribution in [1.29, 1.82) is 0 Å². The van der Waals surface area contributed by atoms with E-state index in [0.717, 1.165) is 22.6 Å². The summed E-state index contributed by atoms with van der Waals surface area (Å²) in [5.41, 5.74) is -3.42. The minimum atomic E-state index is -5.04. The van der Waals surface area contributed by atoms with Crippen molar-refractivity contribution in [3.05, 3.63) is 0 Å². The second-order valence-electron chi connectivity index (χ2n) is 3.60. The van der Waals surface area contributed by atoms with Gasteiger partial charge in [0.1, 0.15) is 3.92 Å². The van der Waals surface area contributed by atoms with E-state index in [-0.39, 0.29) is 0 Å². The molecule has 0 saturated carbocycles. The third-order valence-electron chi connectivity index (χ3n) is 2.05. The van der Waals surface area contributed by atoms with Crippen LogP contribution in [-0.2, 0) is 0 Å². The van der Waals surface area contributed by atoms with Crippen molar-refractivity contribution in [2.45, 2.75) is 48.1 Å². The Hall–Kier alpha value is 0.240. The molecule has 0 nitrogen and oxygen atoms in total. The Bertz CT molecular complexity index is 217. The molecule has 0 aliphatic carbocycles. The van der Waals surface area contributed by atoms with Crippen LogP contribution < -0.4 is 0 Å². The molecule has 0 aromatic rings. The predicted octanol–water partition coefficient (Wildman–Crippen LogP) is 4.81. The average molecular weight is 366 g/mol. The molecule has 0 amide bonds. The molecule has 0 bridgehead atoms. The Morgan fingerprint density at radius 1 is 1.00 bits per heavy atom. The molecule has 0 fully saturated rings. The van der Waals surface area contributed by atoms with E-state index >= 15 is 0 Å². The standard InChI is InChI=1S/C8H10F7I/c1-6(9,8(13,14)15)4-2-3-5(16)7(10,11)12/h5H,2-4H2,1H3. The van der Waals surface area contributed by atoms with E-state index in [0.29, 0.717) is 6.92 Å². The predicted molar refractivity (Wildman–Crippen MR) is 53.3 cm³/mol. The van der Waals surface area contributed by atoms with Crippen LogP contribution in [0.5, 0.6) is 0 Å². The van der Waals surface area contributed by atoms with Crippen LogP contribution in [0.15, 0.2) is 0 Å². The van der Waals surface area contributed by atoms with Gasteiger partial charge in [-0.15, -0.1) is 0 Å². The van der Waals surface area contributed by atoms with Gasteiger partial charge in [-0.3, -0.25) is 0 Å². The van der Waals surface area contributed by atoms with Gasteiger partial charge in [0.25, 0.3) is 0 Å². The summed E-state index contributed by atoms with van der Waals surface area (Å²) in [4.78, 5) is 0. The minimum Gasteiger partial charge on any atom is -0.234 e. The fourth-order valence-electron chi connectivity index (χ4n) is 0.919. The van der Waals surface area contributed by atoms with Crippen molar-refractivity contribution in [3.8, 4) is 0 Å². The van der Waals surface area contributed by atoms with Gasteiger partial charge in [0, 0.05) is 0 Å². The first-order valence-electron chi connectivity index (χ1n) is 4.34. The zero-order chi connectivity index (χ0) is 13.2. The molecule has 0 rings (SSSR count). The van der Waals surface area contributed by atoms with Gasteiger partial charge >= 0.3 is 12.4 Å². The van der Waals surface area contributed by atoms with Crippen LogP contribution >= 0.6 is 22.6 Å². The third-order valence-corrected chi connectivity index (χ3v) is 3.38. The maximum absolute atomic E-state index is 12.9. The zero-order valence-electron chi connectivity index (χ0n) is 8.22. The molecule has 0 radical (unpaired) electrons. The molecule has 0 aromatic heterocycles. The summed E-state index contributed by atoms with van der Waals surface area (Å²) in [6.07, 6.45) is -11.4. The summed E-state index contributed by atoms with van der Waals surface area (Å²) in [5.74, 6) is 0. The first-order chi connectivity index (χ1) is 6.88. The molecule has 0 aliphatic heterocycles. The van der Waals surface area contributed by atoms with Crippen molar-refractivity contribution in [1.82, 2.24) is 0 Å². The normalized spacial score (nSPS) is 19.3.